The molecule has 0 radical (unpaired) electrons. The molecule has 1 aromatic rings. The van der Waals surface area contributed by atoms with Gasteiger partial charge in [-0.3, -0.25) is 4.68 Å². The predicted octanol–water partition coefficient (Wildman–Crippen LogP) is 0.443. The molecule has 0 saturated carbocycles. The van der Waals surface area contributed by atoms with Gasteiger partial charge in [0.2, 0.25) is 0 Å². The highest BCUT2D eigenvalue weighted by Gasteiger charge is 2.19. The molecule has 2 N–H and O–H groups in total. The average molecular weight is 225 g/mol. The standard InChI is InChI=1S/C11H19N3O2/c1-14-8-9(7-13-14)2-3-10(12)6-11-15-4-5-16-11/h7-8,10-11H,2-6,12H2,1H3. The van der Waals surface area contributed by atoms with Gasteiger partial charge < -0.3 is 15.2 Å². The molecule has 1 aromatic heterocycles. The molecule has 2 rings (SSSR count). The molecule has 1 unspecified atom stereocenters. The molecule has 0 aliphatic carbocycles. The first-order valence-electron chi connectivity index (χ1n) is 5.70. The number of nitrogens with zero attached hydrogens (tertiary/aromatic N) is 2. The lowest BCUT2D eigenvalue weighted by atomic mass is 10.1. The average Bonchev–Trinajstić information content (AvgIpc) is 2.87. The summed E-state index contributed by atoms with van der Waals surface area (Å²) in [5.74, 6) is 0. The van der Waals surface area contributed by atoms with Crippen molar-refractivity contribution in [1.82, 2.24) is 9.78 Å². The summed E-state index contributed by atoms with van der Waals surface area (Å²) in [5, 5.41) is 4.12. The van der Waals surface area contributed by atoms with Gasteiger partial charge in [-0.15, -0.1) is 0 Å². The van der Waals surface area contributed by atoms with Crippen molar-refractivity contribution in [3.05, 3.63) is 18.0 Å². The van der Waals surface area contributed by atoms with E-state index in [9.17, 15) is 0 Å². The number of aromatic nitrogens is 2. The minimum atomic E-state index is -0.0936. The maximum Gasteiger partial charge on any atom is 0.159 e. The second-order valence-corrected chi connectivity index (χ2v) is 4.23. The maximum absolute atomic E-state index is 6.02. The van der Waals surface area contributed by atoms with Crippen LogP contribution in [0.3, 0.4) is 0 Å². The van der Waals surface area contributed by atoms with Crippen LogP contribution in [0.2, 0.25) is 0 Å². The molecule has 5 heteroatoms. The van der Waals surface area contributed by atoms with E-state index in [1.807, 2.05) is 24.1 Å². The lowest BCUT2D eigenvalue weighted by molar-refractivity contribution is -0.0508. The number of hydrogen-bond acceptors (Lipinski definition) is 4. The third-order valence-corrected chi connectivity index (χ3v) is 2.75. The molecule has 1 fully saturated rings. The van der Waals surface area contributed by atoms with Crippen LogP contribution in [0.15, 0.2) is 12.4 Å². The minimum Gasteiger partial charge on any atom is -0.350 e. The Balaban J connectivity index is 1.68. The summed E-state index contributed by atoms with van der Waals surface area (Å²) in [6, 6.07) is 0.128. The van der Waals surface area contributed by atoms with Crippen molar-refractivity contribution in [3.63, 3.8) is 0 Å². The van der Waals surface area contributed by atoms with E-state index in [0.29, 0.717) is 13.2 Å². The van der Waals surface area contributed by atoms with Crippen molar-refractivity contribution in [1.29, 1.82) is 0 Å². The highest BCUT2D eigenvalue weighted by Crippen LogP contribution is 2.12. The summed E-state index contributed by atoms with van der Waals surface area (Å²) >= 11 is 0. The van der Waals surface area contributed by atoms with E-state index >= 15 is 0 Å². The van der Waals surface area contributed by atoms with Crippen LogP contribution >= 0.6 is 0 Å². The van der Waals surface area contributed by atoms with Gasteiger partial charge in [0.15, 0.2) is 6.29 Å². The first-order chi connectivity index (χ1) is 7.74. The third kappa shape index (κ3) is 3.30. The minimum absolute atomic E-state index is 0.0936. The topological polar surface area (TPSA) is 62.3 Å². The summed E-state index contributed by atoms with van der Waals surface area (Å²) in [7, 11) is 1.92. The smallest absolute Gasteiger partial charge is 0.159 e. The fourth-order valence-corrected chi connectivity index (χ4v) is 1.86. The summed E-state index contributed by atoms with van der Waals surface area (Å²) in [6.45, 7) is 1.39. The number of nitrogens with two attached hydrogens (primary N) is 1. The number of rotatable bonds is 5. The van der Waals surface area contributed by atoms with Crippen molar-refractivity contribution in [2.24, 2.45) is 12.8 Å². The Morgan fingerprint density at radius 3 is 2.94 bits per heavy atom. The zero-order valence-electron chi connectivity index (χ0n) is 9.63. The van der Waals surface area contributed by atoms with E-state index in [4.69, 9.17) is 15.2 Å². The Morgan fingerprint density at radius 2 is 2.31 bits per heavy atom. The molecule has 0 bridgehead atoms. The van der Waals surface area contributed by atoms with Crippen LogP contribution < -0.4 is 5.73 Å². The van der Waals surface area contributed by atoms with E-state index in [2.05, 4.69) is 5.10 Å². The molecule has 1 saturated heterocycles. The number of hydrogen-bond donors (Lipinski definition) is 1. The van der Waals surface area contributed by atoms with Crippen LogP contribution in [0.5, 0.6) is 0 Å². The Morgan fingerprint density at radius 1 is 1.56 bits per heavy atom. The summed E-state index contributed by atoms with van der Waals surface area (Å²) in [4.78, 5) is 0. The van der Waals surface area contributed by atoms with Gasteiger partial charge in [0.05, 0.1) is 19.4 Å². The second-order valence-electron chi connectivity index (χ2n) is 4.23. The van der Waals surface area contributed by atoms with Crippen LogP contribution in [0.25, 0.3) is 0 Å². The summed E-state index contributed by atoms with van der Waals surface area (Å²) in [5.41, 5.74) is 7.25. The molecule has 0 spiro atoms. The van der Waals surface area contributed by atoms with E-state index in [1.165, 1.54) is 5.56 Å². The fourth-order valence-electron chi connectivity index (χ4n) is 1.86. The molecule has 1 atom stereocenters. The first-order valence-corrected chi connectivity index (χ1v) is 5.70. The summed E-state index contributed by atoms with van der Waals surface area (Å²) in [6.07, 6.45) is 6.49. The quantitative estimate of drug-likeness (QED) is 0.790. The van der Waals surface area contributed by atoms with E-state index < -0.39 is 0 Å². The lowest BCUT2D eigenvalue weighted by Crippen LogP contribution is -2.27. The van der Waals surface area contributed by atoms with Gasteiger partial charge in [0.25, 0.3) is 0 Å². The van der Waals surface area contributed by atoms with E-state index in [-0.39, 0.29) is 12.3 Å². The largest absolute Gasteiger partial charge is 0.350 e. The number of ether oxygens (including phenoxy) is 2. The van der Waals surface area contributed by atoms with Gasteiger partial charge in [0, 0.05) is 25.7 Å². The van der Waals surface area contributed by atoms with Crippen LogP contribution in [0, 0.1) is 0 Å². The second kappa shape index (κ2) is 5.43. The molecular weight excluding hydrogens is 206 g/mol. The van der Waals surface area contributed by atoms with Crippen molar-refractivity contribution < 1.29 is 9.47 Å². The molecule has 16 heavy (non-hydrogen) atoms. The van der Waals surface area contributed by atoms with Gasteiger partial charge in [-0.25, -0.2) is 0 Å². The van der Waals surface area contributed by atoms with Crippen LogP contribution in [0.4, 0.5) is 0 Å². The van der Waals surface area contributed by atoms with Crippen molar-refractivity contribution in [2.45, 2.75) is 31.6 Å². The van der Waals surface area contributed by atoms with Gasteiger partial charge in [0.1, 0.15) is 0 Å². The summed E-state index contributed by atoms with van der Waals surface area (Å²) < 4.78 is 12.5. The van der Waals surface area contributed by atoms with E-state index in [1.54, 1.807) is 0 Å². The van der Waals surface area contributed by atoms with Crippen LogP contribution in [0.1, 0.15) is 18.4 Å². The SMILES string of the molecule is Cn1cc(CCC(N)CC2OCCO2)cn1. The fraction of sp³-hybridized carbons (Fsp3) is 0.727. The van der Waals surface area contributed by atoms with Crippen molar-refractivity contribution in [2.75, 3.05) is 13.2 Å². The normalized spacial score (nSPS) is 19.1. The molecule has 90 valence electrons. The molecular formula is C11H19N3O2. The van der Waals surface area contributed by atoms with Gasteiger partial charge in [-0.1, -0.05) is 0 Å². The first kappa shape index (κ1) is 11.6. The zero-order chi connectivity index (χ0) is 11.4. The zero-order valence-corrected chi connectivity index (χ0v) is 9.63. The highest BCUT2D eigenvalue weighted by molar-refractivity contribution is 5.03. The monoisotopic (exact) mass is 225 g/mol. The Labute approximate surface area is 95.5 Å². The molecule has 5 nitrogen and oxygen atoms in total. The van der Waals surface area contributed by atoms with Gasteiger partial charge >= 0.3 is 0 Å². The number of aryl methyl sites for hydroxylation is 2. The molecule has 2 heterocycles. The highest BCUT2D eigenvalue weighted by atomic mass is 16.7. The molecule has 1 aliphatic heterocycles. The molecule has 0 aromatic carbocycles. The third-order valence-electron chi connectivity index (χ3n) is 2.75. The molecule has 1 aliphatic rings. The van der Waals surface area contributed by atoms with Gasteiger partial charge in [-0.05, 0) is 18.4 Å². The van der Waals surface area contributed by atoms with Gasteiger partial charge in [-0.2, -0.15) is 5.10 Å². The Bertz CT molecular complexity index is 321. The van der Waals surface area contributed by atoms with Crippen molar-refractivity contribution >= 4 is 0 Å². The Kier molecular flexibility index (Phi) is 3.93. The van der Waals surface area contributed by atoms with Crippen molar-refractivity contribution in [3.8, 4) is 0 Å². The van der Waals surface area contributed by atoms with Crippen LogP contribution in [-0.2, 0) is 22.9 Å². The van der Waals surface area contributed by atoms with E-state index in [0.717, 1.165) is 19.3 Å². The Hall–Kier alpha value is -0.910. The predicted molar refractivity (Wildman–Crippen MR) is 59.8 cm³/mol. The maximum atomic E-state index is 6.02. The lowest BCUT2D eigenvalue weighted by Gasteiger charge is -2.14. The van der Waals surface area contributed by atoms with Crippen LogP contribution in [-0.4, -0.2) is 35.3 Å². The molecule has 0 amide bonds.